The molecule has 1 aliphatic rings. The van der Waals surface area contributed by atoms with Gasteiger partial charge in [0.2, 0.25) is 15.0 Å². The van der Waals surface area contributed by atoms with E-state index in [-0.39, 0.29) is 41.8 Å². The monoisotopic (exact) mass is 509 g/mol. The second-order valence-corrected chi connectivity index (χ2v) is 10.6. The van der Waals surface area contributed by atoms with Crippen LogP contribution in [-0.2, 0) is 40.0 Å². The first-order chi connectivity index (χ1) is 17.5. The van der Waals surface area contributed by atoms with Gasteiger partial charge in [0.05, 0.1) is 55.9 Å². The molecule has 1 aliphatic heterocycles. The number of hydrogen-bond donors (Lipinski definition) is 0. The maximum atomic E-state index is 13.4. The first kappa shape index (κ1) is 24.1. The van der Waals surface area contributed by atoms with Crippen LogP contribution in [0.1, 0.15) is 40.4 Å². The minimum absolute atomic E-state index is 0.0275. The van der Waals surface area contributed by atoms with Crippen molar-refractivity contribution in [1.29, 1.82) is 0 Å². The quantitative estimate of drug-likeness (QED) is 0.317. The normalized spacial score (nSPS) is 15.8. The van der Waals surface area contributed by atoms with Gasteiger partial charge in [-0.1, -0.05) is 30.3 Å². The van der Waals surface area contributed by atoms with Crippen molar-refractivity contribution in [2.24, 2.45) is 0 Å². The fraction of sp³-hybridized carbons (Fsp3) is 0.308. The Morgan fingerprint density at radius 1 is 1.03 bits per heavy atom. The molecule has 1 amide bonds. The fourth-order valence-corrected chi connectivity index (χ4v) is 5.85. The number of carbonyl (C=O) groups is 1. The van der Waals surface area contributed by atoms with Crippen LogP contribution in [-0.4, -0.2) is 41.5 Å². The molecule has 10 heteroatoms. The van der Waals surface area contributed by atoms with E-state index >= 15 is 0 Å². The van der Waals surface area contributed by atoms with Crippen molar-refractivity contribution in [3.8, 4) is 0 Å². The number of amides is 1. The summed E-state index contributed by atoms with van der Waals surface area (Å²) in [6.45, 7) is 1.27. The van der Waals surface area contributed by atoms with Crippen molar-refractivity contribution in [1.82, 2.24) is 14.5 Å². The van der Waals surface area contributed by atoms with Crippen LogP contribution in [0.5, 0.6) is 0 Å². The summed E-state index contributed by atoms with van der Waals surface area (Å²) in [5.41, 5.74) is 1.27. The molecule has 1 aromatic carbocycles. The van der Waals surface area contributed by atoms with Crippen LogP contribution in [0, 0.1) is 0 Å². The van der Waals surface area contributed by atoms with Gasteiger partial charge in [-0.3, -0.25) is 4.79 Å². The van der Waals surface area contributed by atoms with Gasteiger partial charge in [-0.2, -0.15) is 0 Å². The van der Waals surface area contributed by atoms with Crippen LogP contribution in [0.25, 0.3) is 0 Å². The van der Waals surface area contributed by atoms with Crippen molar-refractivity contribution < 1.29 is 26.8 Å². The summed E-state index contributed by atoms with van der Waals surface area (Å²) in [4.78, 5) is 19.1. The maximum absolute atomic E-state index is 13.4. The molecule has 0 aliphatic carbocycles. The first-order valence-electron chi connectivity index (χ1n) is 11.8. The third kappa shape index (κ3) is 5.44. The molecule has 0 N–H and O–H groups in total. The molecule has 0 unspecified atom stereocenters. The SMILES string of the molecule is O=C(c1ccco1)N(Cc1ccco1)Cc1cnc(S(=O)(=O)Cc2ccccc2)n1C[C@@H]1CCCO1. The Bertz CT molecular complexity index is 1370. The smallest absolute Gasteiger partial charge is 0.290 e. The van der Waals surface area contributed by atoms with Crippen molar-refractivity contribution in [3.63, 3.8) is 0 Å². The number of ether oxygens (including phenoxy) is 1. The zero-order valence-corrected chi connectivity index (χ0v) is 20.5. The third-order valence-electron chi connectivity index (χ3n) is 6.09. The molecule has 1 fully saturated rings. The Kier molecular flexibility index (Phi) is 7.06. The van der Waals surface area contributed by atoms with Gasteiger partial charge in [0.15, 0.2) is 5.76 Å². The molecule has 9 nitrogen and oxygen atoms in total. The van der Waals surface area contributed by atoms with Crippen LogP contribution in [0.3, 0.4) is 0 Å². The van der Waals surface area contributed by atoms with Gasteiger partial charge in [0, 0.05) is 6.61 Å². The summed E-state index contributed by atoms with van der Waals surface area (Å²) in [7, 11) is -3.76. The lowest BCUT2D eigenvalue weighted by Crippen LogP contribution is -2.31. The summed E-state index contributed by atoms with van der Waals surface area (Å²) in [5.74, 6) is 0.271. The lowest BCUT2D eigenvalue weighted by Gasteiger charge is -2.23. The van der Waals surface area contributed by atoms with E-state index in [4.69, 9.17) is 13.6 Å². The molecule has 0 saturated carbocycles. The number of furan rings is 2. The number of benzene rings is 1. The second-order valence-electron chi connectivity index (χ2n) is 8.74. The highest BCUT2D eigenvalue weighted by atomic mass is 32.2. The Morgan fingerprint density at radius 2 is 1.83 bits per heavy atom. The Labute approximate surface area is 209 Å². The average Bonchev–Trinajstić information content (AvgIpc) is 3.68. The minimum Gasteiger partial charge on any atom is -0.467 e. The van der Waals surface area contributed by atoms with Gasteiger partial charge in [0.1, 0.15) is 5.76 Å². The molecule has 188 valence electrons. The van der Waals surface area contributed by atoms with E-state index < -0.39 is 9.84 Å². The lowest BCUT2D eigenvalue weighted by atomic mass is 10.2. The van der Waals surface area contributed by atoms with E-state index in [1.165, 1.54) is 12.5 Å². The number of nitrogens with zero attached hydrogens (tertiary/aromatic N) is 3. The molecule has 1 atom stereocenters. The Morgan fingerprint density at radius 3 is 2.53 bits per heavy atom. The van der Waals surface area contributed by atoms with Crippen molar-refractivity contribution in [2.45, 2.75) is 49.5 Å². The van der Waals surface area contributed by atoms with Crippen LogP contribution >= 0.6 is 0 Å². The molecular formula is C26H27N3O6S. The number of imidazole rings is 1. The van der Waals surface area contributed by atoms with Gasteiger partial charge < -0.3 is 23.0 Å². The molecule has 0 bridgehead atoms. The molecular weight excluding hydrogens is 482 g/mol. The van der Waals surface area contributed by atoms with E-state index in [1.807, 2.05) is 18.2 Å². The number of carbonyl (C=O) groups excluding carboxylic acids is 1. The van der Waals surface area contributed by atoms with E-state index in [9.17, 15) is 13.2 Å². The highest BCUT2D eigenvalue weighted by Crippen LogP contribution is 2.24. The van der Waals surface area contributed by atoms with Crippen LogP contribution in [0.4, 0.5) is 0 Å². The average molecular weight is 510 g/mol. The zero-order valence-electron chi connectivity index (χ0n) is 19.7. The second kappa shape index (κ2) is 10.5. The minimum atomic E-state index is -3.76. The van der Waals surface area contributed by atoms with Crippen molar-refractivity contribution >= 4 is 15.7 Å². The molecule has 3 aromatic heterocycles. The number of rotatable bonds is 10. The highest BCUT2D eigenvalue weighted by Gasteiger charge is 2.29. The molecule has 0 radical (unpaired) electrons. The van der Waals surface area contributed by atoms with Gasteiger partial charge in [-0.25, -0.2) is 13.4 Å². The molecule has 36 heavy (non-hydrogen) atoms. The summed E-state index contributed by atoms with van der Waals surface area (Å²) < 4.78 is 45.2. The van der Waals surface area contributed by atoms with Crippen LogP contribution in [0.15, 0.2) is 87.3 Å². The van der Waals surface area contributed by atoms with E-state index in [0.29, 0.717) is 30.2 Å². The number of sulfone groups is 1. The third-order valence-corrected chi connectivity index (χ3v) is 7.68. The Hall–Kier alpha value is -3.63. The van der Waals surface area contributed by atoms with Crippen molar-refractivity contribution in [2.75, 3.05) is 6.61 Å². The highest BCUT2D eigenvalue weighted by molar-refractivity contribution is 7.90. The van der Waals surface area contributed by atoms with Gasteiger partial charge in [-0.05, 0) is 42.7 Å². The number of aromatic nitrogens is 2. The predicted octanol–water partition coefficient (Wildman–Crippen LogP) is 4.06. The first-order valence-corrected chi connectivity index (χ1v) is 13.4. The van der Waals surface area contributed by atoms with Gasteiger partial charge in [-0.15, -0.1) is 0 Å². The van der Waals surface area contributed by atoms with E-state index in [0.717, 1.165) is 12.8 Å². The molecule has 1 saturated heterocycles. The Balaban J connectivity index is 1.48. The summed E-state index contributed by atoms with van der Waals surface area (Å²) in [5, 5.41) is -0.0275. The summed E-state index contributed by atoms with van der Waals surface area (Å²) in [6.07, 6.45) is 6.13. The van der Waals surface area contributed by atoms with E-state index in [2.05, 4.69) is 4.98 Å². The fourth-order valence-electron chi connectivity index (χ4n) is 4.35. The maximum Gasteiger partial charge on any atom is 0.290 e. The summed E-state index contributed by atoms with van der Waals surface area (Å²) >= 11 is 0. The van der Waals surface area contributed by atoms with Crippen LogP contribution < -0.4 is 0 Å². The van der Waals surface area contributed by atoms with Crippen molar-refractivity contribution in [3.05, 3.63) is 96.1 Å². The van der Waals surface area contributed by atoms with Gasteiger partial charge in [0.25, 0.3) is 5.91 Å². The zero-order chi connectivity index (χ0) is 25.0. The number of hydrogen-bond acceptors (Lipinski definition) is 7. The molecule has 4 aromatic rings. The molecule has 0 spiro atoms. The standard InChI is InChI=1S/C26H27N3O6S/c30-25(24-11-6-14-35-24)28(17-22-9-4-12-33-22)16-21-15-27-26(29(21)18-23-10-5-13-34-23)36(31,32)19-20-7-2-1-3-8-20/h1-4,6-9,11-12,14-15,23H,5,10,13,16-19H2/t23-/m0/s1. The molecule has 5 rings (SSSR count). The van der Waals surface area contributed by atoms with Crippen LogP contribution in [0.2, 0.25) is 0 Å². The lowest BCUT2D eigenvalue weighted by molar-refractivity contribution is 0.0674. The molecule has 4 heterocycles. The topological polar surface area (TPSA) is 108 Å². The van der Waals surface area contributed by atoms with Gasteiger partial charge >= 0.3 is 0 Å². The van der Waals surface area contributed by atoms with E-state index in [1.54, 1.807) is 52.1 Å². The predicted molar refractivity (Wildman–Crippen MR) is 130 cm³/mol. The largest absolute Gasteiger partial charge is 0.467 e. The summed E-state index contributed by atoms with van der Waals surface area (Å²) in [6, 6.07) is 15.8.